The summed E-state index contributed by atoms with van der Waals surface area (Å²) in [5.74, 6) is 0.0564. The molecule has 1 saturated carbocycles. The summed E-state index contributed by atoms with van der Waals surface area (Å²) in [6.45, 7) is 9.76. The first-order valence-corrected chi connectivity index (χ1v) is 8.75. The minimum atomic E-state index is 0.0564. The molecule has 21 heavy (non-hydrogen) atoms. The van der Waals surface area contributed by atoms with Crippen molar-refractivity contribution in [2.45, 2.75) is 66.0 Å². The molecule has 1 aromatic rings. The normalized spacial score (nSPS) is 18.7. The minimum Gasteiger partial charge on any atom is -0.308 e. The first-order chi connectivity index (χ1) is 9.91. The van der Waals surface area contributed by atoms with Crippen molar-refractivity contribution in [3.63, 3.8) is 0 Å². The van der Waals surface area contributed by atoms with Crippen LogP contribution in [0.1, 0.15) is 59.1 Å². The smallest absolute Gasteiger partial charge is 0.225 e. The molecule has 1 aliphatic rings. The third kappa shape index (κ3) is 4.51. The summed E-state index contributed by atoms with van der Waals surface area (Å²) in [6.07, 6.45) is 5.08. The van der Waals surface area contributed by atoms with Crippen molar-refractivity contribution in [1.82, 2.24) is 10.3 Å². The lowest BCUT2D eigenvalue weighted by atomic mass is 9.75. The number of carbonyl (C=O) groups excluding carboxylic acids is 1. The van der Waals surface area contributed by atoms with Gasteiger partial charge in [0.2, 0.25) is 5.91 Å². The monoisotopic (exact) mass is 309 g/mol. The summed E-state index contributed by atoms with van der Waals surface area (Å²) in [6, 6.07) is 0.610. The molecule has 0 unspecified atom stereocenters. The molecule has 0 aromatic carbocycles. The number of nitrogens with one attached hydrogen (secondary N) is 1. The highest BCUT2D eigenvalue weighted by Crippen LogP contribution is 2.35. The lowest BCUT2D eigenvalue weighted by Gasteiger charge is -2.34. The van der Waals surface area contributed by atoms with Crippen LogP contribution in [0.25, 0.3) is 0 Å². The molecule has 0 spiro atoms. The van der Waals surface area contributed by atoms with Crippen molar-refractivity contribution in [3.8, 4) is 0 Å². The molecule has 5 heteroatoms. The van der Waals surface area contributed by atoms with Gasteiger partial charge in [-0.3, -0.25) is 9.69 Å². The van der Waals surface area contributed by atoms with E-state index in [1.165, 1.54) is 25.7 Å². The molecule has 0 aliphatic heterocycles. The molecule has 1 N–H and O–H groups in total. The summed E-state index contributed by atoms with van der Waals surface area (Å²) in [5, 5.41) is 6.48. The molecule has 1 amide bonds. The van der Waals surface area contributed by atoms with Crippen LogP contribution in [-0.2, 0) is 11.3 Å². The molecule has 1 fully saturated rings. The van der Waals surface area contributed by atoms with Crippen molar-refractivity contribution >= 4 is 22.4 Å². The van der Waals surface area contributed by atoms with Crippen molar-refractivity contribution in [2.75, 3.05) is 11.4 Å². The van der Waals surface area contributed by atoms with Gasteiger partial charge in [-0.2, -0.15) is 0 Å². The maximum atomic E-state index is 11.5. The number of carbonyl (C=O) groups is 1. The van der Waals surface area contributed by atoms with Gasteiger partial charge in [-0.1, -0.05) is 13.8 Å². The lowest BCUT2D eigenvalue weighted by Crippen LogP contribution is -2.35. The predicted molar refractivity (Wildman–Crippen MR) is 88.7 cm³/mol. The first kappa shape index (κ1) is 16.4. The Bertz CT molecular complexity index is 474. The summed E-state index contributed by atoms with van der Waals surface area (Å²) in [7, 11) is 0. The zero-order chi connectivity index (χ0) is 15.5. The Morgan fingerprint density at radius 1 is 1.48 bits per heavy atom. The SMILES string of the molecule is CCN(C(C)=O)c1nc(CNC2CCC(C)(C)CC2)cs1. The van der Waals surface area contributed by atoms with Gasteiger partial charge >= 0.3 is 0 Å². The fourth-order valence-electron chi connectivity index (χ4n) is 2.85. The Hall–Kier alpha value is -0.940. The van der Waals surface area contributed by atoms with Crippen molar-refractivity contribution in [1.29, 1.82) is 0 Å². The molecule has 1 heterocycles. The van der Waals surface area contributed by atoms with E-state index in [4.69, 9.17) is 0 Å². The van der Waals surface area contributed by atoms with E-state index in [9.17, 15) is 4.79 Å². The van der Waals surface area contributed by atoms with E-state index in [-0.39, 0.29) is 5.91 Å². The Morgan fingerprint density at radius 2 is 2.14 bits per heavy atom. The summed E-state index contributed by atoms with van der Waals surface area (Å²) in [4.78, 5) is 17.8. The van der Waals surface area contributed by atoms with Crippen LogP contribution in [0.3, 0.4) is 0 Å². The van der Waals surface area contributed by atoms with Crippen molar-refractivity contribution in [3.05, 3.63) is 11.1 Å². The first-order valence-electron chi connectivity index (χ1n) is 7.87. The van der Waals surface area contributed by atoms with Crippen molar-refractivity contribution in [2.24, 2.45) is 5.41 Å². The van der Waals surface area contributed by atoms with Gasteiger partial charge in [-0.25, -0.2) is 4.98 Å². The second-order valence-corrected chi connectivity index (χ2v) is 7.54. The highest BCUT2D eigenvalue weighted by Gasteiger charge is 2.26. The maximum absolute atomic E-state index is 11.5. The predicted octanol–water partition coefficient (Wildman–Crippen LogP) is 3.57. The average Bonchev–Trinajstić information content (AvgIpc) is 2.86. The van der Waals surface area contributed by atoms with E-state index < -0.39 is 0 Å². The van der Waals surface area contributed by atoms with Gasteiger partial charge in [0.05, 0.1) is 5.69 Å². The quantitative estimate of drug-likeness (QED) is 0.904. The lowest BCUT2D eigenvalue weighted by molar-refractivity contribution is -0.116. The number of hydrogen-bond acceptors (Lipinski definition) is 4. The number of nitrogens with zero attached hydrogens (tertiary/aromatic N) is 2. The Kier molecular flexibility index (Phi) is 5.38. The van der Waals surface area contributed by atoms with Gasteiger partial charge in [0.15, 0.2) is 5.13 Å². The molecule has 2 rings (SSSR count). The van der Waals surface area contributed by atoms with Gasteiger partial charge in [-0.05, 0) is 38.0 Å². The van der Waals surface area contributed by atoms with Gasteiger partial charge < -0.3 is 5.32 Å². The Labute approximate surface area is 132 Å². The molecule has 0 bridgehead atoms. The number of rotatable bonds is 5. The highest BCUT2D eigenvalue weighted by atomic mass is 32.1. The third-order valence-electron chi connectivity index (χ3n) is 4.38. The number of aromatic nitrogens is 1. The number of anilines is 1. The molecule has 1 aliphatic carbocycles. The second-order valence-electron chi connectivity index (χ2n) is 6.70. The van der Waals surface area contributed by atoms with E-state index in [1.54, 1.807) is 23.2 Å². The van der Waals surface area contributed by atoms with Gasteiger partial charge in [0, 0.05) is 31.4 Å². The molecule has 118 valence electrons. The highest BCUT2D eigenvalue weighted by molar-refractivity contribution is 7.14. The van der Waals surface area contributed by atoms with E-state index in [1.807, 2.05) is 6.92 Å². The van der Waals surface area contributed by atoms with Crippen LogP contribution in [0.5, 0.6) is 0 Å². The van der Waals surface area contributed by atoms with E-state index >= 15 is 0 Å². The molecule has 1 aromatic heterocycles. The summed E-state index contributed by atoms with van der Waals surface area (Å²) in [5.41, 5.74) is 1.55. The van der Waals surface area contributed by atoms with Gasteiger partial charge in [-0.15, -0.1) is 11.3 Å². The third-order valence-corrected chi connectivity index (χ3v) is 5.29. The second kappa shape index (κ2) is 6.88. The zero-order valence-corrected chi connectivity index (χ0v) is 14.4. The van der Waals surface area contributed by atoms with Crippen LogP contribution in [0, 0.1) is 5.41 Å². The largest absolute Gasteiger partial charge is 0.308 e. The summed E-state index contributed by atoms with van der Waals surface area (Å²) < 4.78 is 0. The minimum absolute atomic E-state index is 0.0564. The zero-order valence-electron chi connectivity index (χ0n) is 13.6. The molecular weight excluding hydrogens is 282 g/mol. The van der Waals surface area contributed by atoms with Gasteiger partial charge in [0.1, 0.15) is 0 Å². The van der Waals surface area contributed by atoms with Crippen LogP contribution in [0.4, 0.5) is 5.13 Å². The summed E-state index contributed by atoms with van der Waals surface area (Å²) >= 11 is 1.55. The van der Waals surface area contributed by atoms with Crippen LogP contribution < -0.4 is 10.2 Å². The topological polar surface area (TPSA) is 45.2 Å². The molecule has 0 saturated heterocycles. The van der Waals surface area contributed by atoms with E-state index in [0.29, 0.717) is 18.0 Å². The number of hydrogen-bond donors (Lipinski definition) is 1. The maximum Gasteiger partial charge on any atom is 0.225 e. The van der Waals surface area contributed by atoms with Crippen LogP contribution in [0.2, 0.25) is 0 Å². The van der Waals surface area contributed by atoms with E-state index in [0.717, 1.165) is 17.4 Å². The molecule has 0 atom stereocenters. The van der Waals surface area contributed by atoms with Crippen LogP contribution >= 0.6 is 11.3 Å². The Balaban J connectivity index is 1.85. The van der Waals surface area contributed by atoms with E-state index in [2.05, 4.69) is 29.5 Å². The number of thiazole rings is 1. The molecular formula is C16H27N3OS. The number of amides is 1. The van der Waals surface area contributed by atoms with Crippen LogP contribution in [0.15, 0.2) is 5.38 Å². The molecule has 0 radical (unpaired) electrons. The fraction of sp³-hybridized carbons (Fsp3) is 0.750. The van der Waals surface area contributed by atoms with Gasteiger partial charge in [0.25, 0.3) is 0 Å². The average molecular weight is 309 g/mol. The van der Waals surface area contributed by atoms with Crippen molar-refractivity contribution < 1.29 is 4.79 Å². The Morgan fingerprint density at radius 3 is 2.71 bits per heavy atom. The standard InChI is InChI=1S/C16H27N3OS/c1-5-19(12(2)20)15-18-14(11-21-15)10-17-13-6-8-16(3,4)9-7-13/h11,13,17H,5-10H2,1-4H3. The fourth-order valence-corrected chi connectivity index (χ4v) is 3.78. The molecule has 4 nitrogen and oxygen atoms in total. The van der Waals surface area contributed by atoms with Crippen LogP contribution in [-0.4, -0.2) is 23.5 Å².